The Morgan fingerprint density at radius 3 is 2.60 bits per heavy atom. The molecular formula is C26H21N3O6. The van der Waals surface area contributed by atoms with Crippen molar-refractivity contribution in [2.45, 2.75) is 19.3 Å². The van der Waals surface area contributed by atoms with Gasteiger partial charge in [0.15, 0.2) is 0 Å². The summed E-state index contributed by atoms with van der Waals surface area (Å²) < 4.78 is 16.9. The third-order valence-electron chi connectivity index (χ3n) is 5.41. The van der Waals surface area contributed by atoms with Crippen LogP contribution in [0, 0.1) is 21.4 Å². The molecule has 9 heteroatoms. The van der Waals surface area contributed by atoms with Crippen molar-refractivity contribution in [1.29, 1.82) is 5.26 Å². The lowest BCUT2D eigenvalue weighted by molar-refractivity contribution is -0.384. The lowest BCUT2D eigenvalue weighted by Crippen LogP contribution is -2.21. The molecule has 0 saturated heterocycles. The van der Waals surface area contributed by atoms with Crippen LogP contribution in [0.5, 0.6) is 17.2 Å². The first-order valence-corrected chi connectivity index (χ1v) is 10.8. The zero-order chi connectivity index (χ0) is 24.9. The molecule has 1 aliphatic heterocycles. The van der Waals surface area contributed by atoms with Crippen LogP contribution < -0.4 is 19.9 Å². The third kappa shape index (κ3) is 4.77. The number of fused-ring (bicyclic) bond motifs is 1. The van der Waals surface area contributed by atoms with E-state index in [-0.39, 0.29) is 28.5 Å². The number of nitriles is 1. The molecule has 0 saturated carbocycles. The minimum atomic E-state index is -0.600. The molecule has 3 aromatic carbocycles. The number of carbonyl (C=O) groups is 1. The smallest absolute Gasteiger partial charge is 0.347 e. The topological polar surface area (TPSA) is 138 Å². The van der Waals surface area contributed by atoms with E-state index >= 15 is 0 Å². The summed E-state index contributed by atoms with van der Waals surface area (Å²) in [6, 6.07) is 19.5. The van der Waals surface area contributed by atoms with Crippen molar-refractivity contribution in [2.24, 2.45) is 5.73 Å². The third-order valence-corrected chi connectivity index (χ3v) is 5.41. The van der Waals surface area contributed by atoms with E-state index in [0.717, 1.165) is 6.42 Å². The minimum absolute atomic E-state index is 0.0676. The van der Waals surface area contributed by atoms with Crippen LogP contribution in [0.3, 0.4) is 0 Å². The largest absolute Gasteiger partial charge is 0.493 e. The van der Waals surface area contributed by atoms with Crippen molar-refractivity contribution in [1.82, 2.24) is 0 Å². The first kappa shape index (κ1) is 23.3. The van der Waals surface area contributed by atoms with E-state index in [4.69, 9.17) is 19.9 Å². The van der Waals surface area contributed by atoms with E-state index in [1.807, 2.05) is 6.92 Å². The van der Waals surface area contributed by atoms with E-state index < -0.39 is 16.8 Å². The SMILES string of the molecule is CCCOc1ccccc1C(=O)Oc1ccc2c(c1)OC(N)=C(C#N)C2c1ccc([N+](=O)[O-])cc1. The number of esters is 1. The van der Waals surface area contributed by atoms with E-state index in [2.05, 4.69) is 6.07 Å². The summed E-state index contributed by atoms with van der Waals surface area (Å²) in [5, 5.41) is 20.7. The molecule has 1 unspecified atom stereocenters. The number of rotatable bonds is 7. The number of nitro benzene ring substituents is 1. The number of nitro groups is 1. The first-order chi connectivity index (χ1) is 16.9. The highest BCUT2D eigenvalue weighted by Gasteiger charge is 2.31. The fourth-order valence-corrected chi connectivity index (χ4v) is 3.77. The van der Waals surface area contributed by atoms with Crippen LogP contribution in [0.1, 0.15) is 40.7 Å². The summed E-state index contributed by atoms with van der Waals surface area (Å²) in [6.45, 7) is 2.43. The van der Waals surface area contributed by atoms with E-state index in [1.165, 1.54) is 18.2 Å². The summed E-state index contributed by atoms with van der Waals surface area (Å²) in [5.74, 6) is -0.332. The Labute approximate surface area is 201 Å². The number of hydrogen-bond acceptors (Lipinski definition) is 8. The van der Waals surface area contributed by atoms with Gasteiger partial charge < -0.3 is 19.9 Å². The quantitative estimate of drug-likeness (QED) is 0.224. The second kappa shape index (κ2) is 9.97. The van der Waals surface area contributed by atoms with Gasteiger partial charge in [-0.1, -0.05) is 37.3 Å². The van der Waals surface area contributed by atoms with Gasteiger partial charge in [0.05, 0.1) is 17.4 Å². The number of allylic oxidation sites excluding steroid dienone is 1. The molecule has 0 radical (unpaired) electrons. The van der Waals surface area contributed by atoms with Crippen molar-refractivity contribution in [3.05, 3.63) is 105 Å². The van der Waals surface area contributed by atoms with Gasteiger partial charge >= 0.3 is 5.97 Å². The van der Waals surface area contributed by atoms with Gasteiger partial charge in [0.1, 0.15) is 34.5 Å². The fourth-order valence-electron chi connectivity index (χ4n) is 3.77. The molecule has 0 spiro atoms. The number of benzene rings is 3. The average molecular weight is 471 g/mol. The Bertz CT molecular complexity index is 1360. The predicted octanol–water partition coefficient (Wildman–Crippen LogP) is 4.82. The lowest BCUT2D eigenvalue weighted by atomic mass is 9.83. The highest BCUT2D eigenvalue weighted by molar-refractivity contribution is 5.94. The molecule has 0 bridgehead atoms. The molecule has 0 aliphatic carbocycles. The van der Waals surface area contributed by atoms with Crippen LogP contribution in [0.2, 0.25) is 0 Å². The zero-order valence-electron chi connectivity index (χ0n) is 18.8. The normalized spacial score (nSPS) is 14.3. The minimum Gasteiger partial charge on any atom is -0.493 e. The molecule has 4 rings (SSSR count). The zero-order valence-corrected chi connectivity index (χ0v) is 18.8. The molecule has 1 atom stereocenters. The van der Waals surface area contributed by atoms with Crippen LogP contribution in [-0.4, -0.2) is 17.5 Å². The molecule has 1 aliphatic rings. The Hall–Kier alpha value is -4.84. The Balaban J connectivity index is 1.65. The average Bonchev–Trinajstić information content (AvgIpc) is 2.86. The van der Waals surface area contributed by atoms with Crippen molar-refractivity contribution >= 4 is 11.7 Å². The van der Waals surface area contributed by atoms with Crippen LogP contribution in [-0.2, 0) is 0 Å². The monoisotopic (exact) mass is 471 g/mol. The number of non-ortho nitro benzene ring substituents is 1. The van der Waals surface area contributed by atoms with Gasteiger partial charge in [-0.25, -0.2) is 4.79 Å². The second-order valence-corrected chi connectivity index (χ2v) is 7.71. The van der Waals surface area contributed by atoms with Crippen molar-refractivity contribution in [2.75, 3.05) is 6.61 Å². The molecular weight excluding hydrogens is 450 g/mol. The van der Waals surface area contributed by atoms with Gasteiger partial charge in [0.25, 0.3) is 5.69 Å². The molecule has 0 aromatic heterocycles. The molecule has 35 heavy (non-hydrogen) atoms. The molecule has 0 fully saturated rings. The van der Waals surface area contributed by atoms with E-state index in [1.54, 1.807) is 48.5 Å². The standard InChI is InChI=1S/C26H21N3O6/c1-2-13-33-22-6-4-3-5-20(22)26(30)34-18-11-12-19-23(14-18)35-25(28)21(15-27)24(19)16-7-9-17(10-8-16)29(31)32/h3-12,14,24H,2,13,28H2,1H3. The molecule has 2 N–H and O–H groups in total. The van der Waals surface area contributed by atoms with Crippen molar-refractivity contribution < 1.29 is 23.9 Å². The van der Waals surface area contributed by atoms with Crippen molar-refractivity contribution in [3.63, 3.8) is 0 Å². The van der Waals surface area contributed by atoms with Crippen LogP contribution in [0.4, 0.5) is 5.69 Å². The fraction of sp³-hybridized carbons (Fsp3) is 0.154. The van der Waals surface area contributed by atoms with Gasteiger partial charge in [0, 0.05) is 23.8 Å². The summed E-state index contributed by atoms with van der Waals surface area (Å²) >= 11 is 0. The maximum absolute atomic E-state index is 12.8. The summed E-state index contributed by atoms with van der Waals surface area (Å²) in [6.07, 6.45) is 0.793. The highest BCUT2D eigenvalue weighted by Crippen LogP contribution is 2.43. The Morgan fingerprint density at radius 1 is 1.17 bits per heavy atom. The number of nitrogens with two attached hydrogens (primary N) is 1. The molecule has 9 nitrogen and oxygen atoms in total. The van der Waals surface area contributed by atoms with Crippen LogP contribution in [0.25, 0.3) is 0 Å². The number of ether oxygens (including phenoxy) is 3. The summed E-state index contributed by atoms with van der Waals surface area (Å²) in [5.41, 5.74) is 7.66. The molecule has 1 heterocycles. The van der Waals surface area contributed by atoms with Crippen LogP contribution in [0.15, 0.2) is 78.2 Å². The van der Waals surface area contributed by atoms with Crippen molar-refractivity contribution in [3.8, 4) is 23.3 Å². The second-order valence-electron chi connectivity index (χ2n) is 7.71. The maximum Gasteiger partial charge on any atom is 0.347 e. The lowest BCUT2D eigenvalue weighted by Gasteiger charge is -2.26. The first-order valence-electron chi connectivity index (χ1n) is 10.8. The number of hydrogen-bond donors (Lipinski definition) is 1. The Morgan fingerprint density at radius 2 is 1.91 bits per heavy atom. The molecule has 3 aromatic rings. The van der Waals surface area contributed by atoms with Gasteiger partial charge in [0.2, 0.25) is 5.88 Å². The van der Waals surface area contributed by atoms with E-state index in [9.17, 15) is 20.2 Å². The molecule has 0 amide bonds. The van der Waals surface area contributed by atoms with Gasteiger partial charge in [-0.2, -0.15) is 5.26 Å². The number of nitrogens with zero attached hydrogens (tertiary/aromatic N) is 2. The highest BCUT2D eigenvalue weighted by atomic mass is 16.6. The van der Waals surface area contributed by atoms with E-state index in [0.29, 0.717) is 29.2 Å². The number of para-hydroxylation sites is 1. The van der Waals surface area contributed by atoms with Gasteiger partial charge in [-0.15, -0.1) is 0 Å². The van der Waals surface area contributed by atoms with Crippen LogP contribution >= 0.6 is 0 Å². The van der Waals surface area contributed by atoms with Gasteiger partial charge in [-0.3, -0.25) is 10.1 Å². The maximum atomic E-state index is 12.8. The Kier molecular flexibility index (Phi) is 6.64. The summed E-state index contributed by atoms with van der Waals surface area (Å²) in [7, 11) is 0. The summed E-state index contributed by atoms with van der Waals surface area (Å²) in [4.78, 5) is 23.3. The predicted molar refractivity (Wildman–Crippen MR) is 126 cm³/mol. The number of carbonyl (C=O) groups excluding carboxylic acids is 1. The molecule has 176 valence electrons. The van der Waals surface area contributed by atoms with Gasteiger partial charge in [-0.05, 0) is 30.2 Å².